The quantitative estimate of drug-likeness (QED) is 0.824. The predicted octanol–water partition coefficient (Wildman–Crippen LogP) is 5.07. The normalized spacial score (nSPS) is 12.4. The van der Waals surface area contributed by atoms with Gasteiger partial charge in [0, 0.05) is 4.47 Å². The molecule has 0 heterocycles. The van der Waals surface area contributed by atoms with Gasteiger partial charge in [0.05, 0.1) is 6.04 Å². The van der Waals surface area contributed by atoms with Crippen LogP contribution in [-0.4, -0.2) is 6.54 Å². The highest BCUT2D eigenvalue weighted by Gasteiger charge is 2.15. The minimum Gasteiger partial charge on any atom is -0.307 e. The predicted molar refractivity (Wildman–Crippen MR) is 90.3 cm³/mol. The lowest BCUT2D eigenvalue weighted by atomic mass is 9.93. The molecule has 0 aliphatic heterocycles. The van der Waals surface area contributed by atoms with E-state index in [0.29, 0.717) is 0 Å². The smallest absolute Gasteiger partial charge is 0.0579 e. The van der Waals surface area contributed by atoms with Crippen molar-refractivity contribution in [1.82, 2.24) is 5.32 Å². The summed E-state index contributed by atoms with van der Waals surface area (Å²) in [6, 6.07) is 13.5. The summed E-state index contributed by atoms with van der Waals surface area (Å²) < 4.78 is 1.16. The van der Waals surface area contributed by atoms with Crippen molar-refractivity contribution < 1.29 is 0 Å². The summed E-state index contributed by atoms with van der Waals surface area (Å²) in [5, 5.41) is 3.61. The fourth-order valence-corrected chi connectivity index (χ4v) is 2.86. The standard InChI is InChI=1S/C18H22BrN/c1-5-20-18(15-7-9-17(19)14(4)11-15)16-8-6-12(2)10-13(16)3/h6-11,18,20H,5H2,1-4H3. The molecule has 2 heteroatoms. The molecule has 0 aromatic heterocycles. The third-order valence-electron chi connectivity index (χ3n) is 3.66. The molecule has 0 saturated heterocycles. The highest BCUT2D eigenvalue weighted by Crippen LogP contribution is 2.28. The largest absolute Gasteiger partial charge is 0.307 e. The summed E-state index contributed by atoms with van der Waals surface area (Å²) in [7, 11) is 0. The van der Waals surface area contributed by atoms with Gasteiger partial charge in [-0.3, -0.25) is 0 Å². The Labute approximate surface area is 130 Å². The van der Waals surface area contributed by atoms with E-state index < -0.39 is 0 Å². The van der Waals surface area contributed by atoms with Crippen LogP contribution in [0.2, 0.25) is 0 Å². The van der Waals surface area contributed by atoms with E-state index in [0.717, 1.165) is 11.0 Å². The Kier molecular flexibility index (Phi) is 5.00. The number of nitrogens with one attached hydrogen (secondary N) is 1. The maximum Gasteiger partial charge on any atom is 0.0579 e. The number of aryl methyl sites for hydroxylation is 3. The first-order valence-corrected chi connectivity index (χ1v) is 7.88. The van der Waals surface area contributed by atoms with Crippen molar-refractivity contribution >= 4 is 15.9 Å². The number of hydrogen-bond donors (Lipinski definition) is 1. The molecule has 0 amide bonds. The molecule has 2 aromatic rings. The average molecular weight is 332 g/mol. The molecular weight excluding hydrogens is 310 g/mol. The van der Waals surface area contributed by atoms with E-state index in [1.165, 1.54) is 27.8 Å². The van der Waals surface area contributed by atoms with Gasteiger partial charge in [0.2, 0.25) is 0 Å². The second-order valence-corrected chi connectivity index (χ2v) is 6.21. The summed E-state index contributed by atoms with van der Waals surface area (Å²) in [6.07, 6.45) is 0. The van der Waals surface area contributed by atoms with Gasteiger partial charge in [-0.25, -0.2) is 0 Å². The molecule has 2 aromatic carbocycles. The Hall–Kier alpha value is -1.12. The molecule has 0 fully saturated rings. The summed E-state index contributed by atoms with van der Waals surface area (Å²) in [4.78, 5) is 0. The topological polar surface area (TPSA) is 12.0 Å². The fourth-order valence-electron chi connectivity index (χ4n) is 2.61. The Morgan fingerprint density at radius 2 is 1.75 bits per heavy atom. The molecule has 0 spiro atoms. The molecule has 0 radical (unpaired) electrons. The van der Waals surface area contributed by atoms with Crippen LogP contribution in [0.3, 0.4) is 0 Å². The van der Waals surface area contributed by atoms with Crippen LogP contribution >= 0.6 is 15.9 Å². The minimum atomic E-state index is 0.257. The molecule has 106 valence electrons. The molecule has 0 aliphatic carbocycles. The lowest BCUT2D eigenvalue weighted by Gasteiger charge is -2.22. The van der Waals surface area contributed by atoms with Gasteiger partial charge < -0.3 is 5.32 Å². The molecule has 1 atom stereocenters. The van der Waals surface area contributed by atoms with E-state index >= 15 is 0 Å². The highest BCUT2D eigenvalue weighted by atomic mass is 79.9. The van der Waals surface area contributed by atoms with Gasteiger partial charge in [-0.1, -0.05) is 58.7 Å². The summed E-state index contributed by atoms with van der Waals surface area (Å²) >= 11 is 3.58. The van der Waals surface area contributed by atoms with Crippen LogP contribution < -0.4 is 5.32 Å². The average Bonchev–Trinajstić information content (AvgIpc) is 2.40. The van der Waals surface area contributed by atoms with Crippen molar-refractivity contribution in [3.8, 4) is 0 Å². The molecule has 1 unspecified atom stereocenters. The van der Waals surface area contributed by atoms with Crippen molar-refractivity contribution in [3.05, 3.63) is 68.7 Å². The van der Waals surface area contributed by atoms with Gasteiger partial charge in [-0.15, -0.1) is 0 Å². The van der Waals surface area contributed by atoms with E-state index in [1.54, 1.807) is 0 Å². The molecule has 0 bridgehead atoms. The number of benzene rings is 2. The van der Waals surface area contributed by atoms with E-state index in [1.807, 2.05) is 0 Å². The lowest BCUT2D eigenvalue weighted by Crippen LogP contribution is -2.23. The zero-order valence-corrected chi connectivity index (χ0v) is 14.2. The first-order chi connectivity index (χ1) is 9.52. The Bertz CT molecular complexity index is 604. The summed E-state index contributed by atoms with van der Waals surface area (Å²) in [5.41, 5.74) is 6.61. The number of rotatable bonds is 4. The van der Waals surface area contributed by atoms with E-state index in [2.05, 4.69) is 85.3 Å². The first kappa shape index (κ1) is 15.3. The maximum atomic E-state index is 3.61. The zero-order valence-electron chi connectivity index (χ0n) is 12.6. The summed E-state index contributed by atoms with van der Waals surface area (Å²) in [6.45, 7) is 9.58. The van der Waals surface area contributed by atoms with Crippen molar-refractivity contribution in [3.63, 3.8) is 0 Å². The molecule has 0 aliphatic rings. The fraction of sp³-hybridized carbons (Fsp3) is 0.333. The van der Waals surface area contributed by atoms with Crippen LogP contribution in [0.1, 0.15) is 40.8 Å². The zero-order chi connectivity index (χ0) is 14.7. The molecule has 1 nitrogen and oxygen atoms in total. The van der Waals surface area contributed by atoms with Gasteiger partial charge in [0.25, 0.3) is 0 Å². The van der Waals surface area contributed by atoms with Crippen LogP contribution in [0.25, 0.3) is 0 Å². The Morgan fingerprint density at radius 3 is 2.35 bits per heavy atom. The molecule has 0 saturated carbocycles. The van der Waals surface area contributed by atoms with Crippen molar-refractivity contribution in [2.75, 3.05) is 6.54 Å². The Morgan fingerprint density at radius 1 is 1.00 bits per heavy atom. The van der Waals surface area contributed by atoms with E-state index in [9.17, 15) is 0 Å². The van der Waals surface area contributed by atoms with Crippen LogP contribution in [0.4, 0.5) is 0 Å². The van der Waals surface area contributed by atoms with Crippen molar-refractivity contribution in [1.29, 1.82) is 0 Å². The van der Waals surface area contributed by atoms with E-state index in [4.69, 9.17) is 0 Å². The van der Waals surface area contributed by atoms with Crippen LogP contribution in [0.15, 0.2) is 40.9 Å². The van der Waals surface area contributed by atoms with Crippen LogP contribution in [0.5, 0.6) is 0 Å². The first-order valence-electron chi connectivity index (χ1n) is 7.09. The van der Waals surface area contributed by atoms with Gasteiger partial charge in [-0.2, -0.15) is 0 Å². The lowest BCUT2D eigenvalue weighted by molar-refractivity contribution is 0.627. The third-order valence-corrected chi connectivity index (χ3v) is 4.55. The Balaban J connectivity index is 2.47. The second-order valence-electron chi connectivity index (χ2n) is 5.36. The van der Waals surface area contributed by atoms with Gasteiger partial charge in [0.15, 0.2) is 0 Å². The minimum absolute atomic E-state index is 0.257. The molecule has 2 rings (SSSR count). The third kappa shape index (κ3) is 3.31. The van der Waals surface area contributed by atoms with Crippen molar-refractivity contribution in [2.45, 2.75) is 33.7 Å². The van der Waals surface area contributed by atoms with E-state index in [-0.39, 0.29) is 6.04 Å². The van der Waals surface area contributed by atoms with Crippen LogP contribution in [0, 0.1) is 20.8 Å². The van der Waals surface area contributed by atoms with Crippen molar-refractivity contribution in [2.24, 2.45) is 0 Å². The highest BCUT2D eigenvalue weighted by molar-refractivity contribution is 9.10. The monoisotopic (exact) mass is 331 g/mol. The molecule has 1 N–H and O–H groups in total. The van der Waals surface area contributed by atoms with Crippen LogP contribution in [-0.2, 0) is 0 Å². The van der Waals surface area contributed by atoms with Gasteiger partial charge in [0.1, 0.15) is 0 Å². The number of halogens is 1. The van der Waals surface area contributed by atoms with Gasteiger partial charge in [-0.05, 0) is 55.6 Å². The molecule has 20 heavy (non-hydrogen) atoms. The summed E-state index contributed by atoms with van der Waals surface area (Å²) in [5.74, 6) is 0. The SMILES string of the molecule is CCNC(c1ccc(Br)c(C)c1)c1ccc(C)cc1C. The maximum absolute atomic E-state index is 3.61. The number of hydrogen-bond acceptors (Lipinski definition) is 1. The van der Waals surface area contributed by atoms with Gasteiger partial charge >= 0.3 is 0 Å². The molecular formula is C18H22BrN. The second kappa shape index (κ2) is 6.55.